The van der Waals surface area contributed by atoms with Crippen molar-refractivity contribution in [2.45, 2.75) is 51.1 Å². The van der Waals surface area contributed by atoms with Gasteiger partial charge in [-0.3, -0.25) is 13.9 Å². The highest BCUT2D eigenvalue weighted by Gasteiger charge is 2.32. The van der Waals surface area contributed by atoms with E-state index in [0.717, 1.165) is 22.7 Å². The average Bonchev–Trinajstić information content (AvgIpc) is 2.92. The van der Waals surface area contributed by atoms with Gasteiger partial charge in [-0.15, -0.1) is 0 Å². The van der Waals surface area contributed by atoms with Gasteiger partial charge in [-0.2, -0.15) is 0 Å². The molecule has 9 heteroatoms. The first-order valence-electron chi connectivity index (χ1n) is 12.6. The summed E-state index contributed by atoms with van der Waals surface area (Å²) in [5.74, 6) is -1.33. The number of carbonyl (C=O) groups excluding carboxylic acids is 2. The van der Waals surface area contributed by atoms with E-state index in [9.17, 15) is 22.4 Å². The van der Waals surface area contributed by atoms with Crippen molar-refractivity contribution < 1.29 is 22.4 Å². The number of aryl methyl sites for hydroxylation is 1. The maximum absolute atomic E-state index is 13.8. The third kappa shape index (κ3) is 7.41. The first-order valence-corrected chi connectivity index (χ1v) is 14.0. The van der Waals surface area contributed by atoms with Crippen LogP contribution in [0.2, 0.25) is 0 Å². The fraction of sp³-hybridized carbons (Fsp3) is 0.310. The molecule has 0 heterocycles. The maximum Gasteiger partial charge on any atom is 0.264 e. The Bertz CT molecular complexity index is 1310. The van der Waals surface area contributed by atoms with E-state index in [1.54, 1.807) is 49.4 Å². The molecule has 7 nitrogen and oxygen atoms in total. The summed E-state index contributed by atoms with van der Waals surface area (Å²) in [4.78, 5) is 28.1. The summed E-state index contributed by atoms with van der Waals surface area (Å²) in [7, 11) is -4.10. The van der Waals surface area contributed by atoms with Crippen LogP contribution in [0, 0.1) is 12.7 Å². The van der Waals surface area contributed by atoms with Crippen molar-refractivity contribution in [3.63, 3.8) is 0 Å². The smallest absolute Gasteiger partial charge is 0.264 e. The number of halogens is 1. The molecule has 0 aliphatic rings. The van der Waals surface area contributed by atoms with Crippen molar-refractivity contribution in [1.82, 2.24) is 10.2 Å². The van der Waals surface area contributed by atoms with Gasteiger partial charge in [-0.1, -0.05) is 61.4 Å². The zero-order valence-corrected chi connectivity index (χ0v) is 22.7. The molecule has 3 aromatic carbocycles. The fourth-order valence-corrected chi connectivity index (χ4v) is 5.30. The predicted octanol–water partition coefficient (Wildman–Crippen LogP) is 4.66. The standard InChI is InChI=1S/C29H34FN3O4S/c1-4-5-19-31-29(35)23(3)32(20-24-13-15-25(30)16-14-24)28(34)21-33(26-17-11-22(2)12-18-26)38(36,37)27-9-7-6-8-10-27/h6-18,23H,4-5,19-21H2,1-3H3,(H,31,35). The highest BCUT2D eigenvalue weighted by atomic mass is 32.2. The average molecular weight is 540 g/mol. The molecule has 3 rings (SSSR count). The Balaban J connectivity index is 1.97. The Labute approximate surface area is 224 Å². The third-order valence-corrected chi connectivity index (χ3v) is 7.98. The highest BCUT2D eigenvalue weighted by molar-refractivity contribution is 7.92. The molecule has 0 saturated carbocycles. The Kier molecular flexibility index (Phi) is 10.0. The van der Waals surface area contributed by atoms with Crippen LogP contribution >= 0.6 is 0 Å². The number of hydrogen-bond acceptors (Lipinski definition) is 4. The van der Waals surface area contributed by atoms with Crippen molar-refractivity contribution in [3.05, 3.63) is 95.8 Å². The molecule has 0 aromatic heterocycles. The summed E-state index contributed by atoms with van der Waals surface area (Å²) < 4.78 is 41.9. The highest BCUT2D eigenvalue weighted by Crippen LogP contribution is 2.25. The molecule has 38 heavy (non-hydrogen) atoms. The monoisotopic (exact) mass is 539 g/mol. The molecule has 202 valence electrons. The van der Waals surface area contributed by atoms with Crippen molar-refractivity contribution in [3.8, 4) is 0 Å². The van der Waals surface area contributed by atoms with Crippen LogP contribution < -0.4 is 9.62 Å². The number of rotatable bonds is 12. The first-order chi connectivity index (χ1) is 18.1. The first kappa shape index (κ1) is 28.8. The Morgan fingerprint density at radius 1 is 0.947 bits per heavy atom. The summed E-state index contributed by atoms with van der Waals surface area (Å²) in [5.41, 5.74) is 1.88. The summed E-state index contributed by atoms with van der Waals surface area (Å²) >= 11 is 0. The van der Waals surface area contributed by atoms with E-state index >= 15 is 0 Å². The van der Waals surface area contributed by atoms with Gasteiger partial charge in [0.2, 0.25) is 11.8 Å². The lowest BCUT2D eigenvalue weighted by Crippen LogP contribution is -2.51. The molecule has 0 bridgehead atoms. The molecule has 2 amide bonds. The van der Waals surface area contributed by atoms with Crippen LogP contribution in [0.15, 0.2) is 83.8 Å². The van der Waals surface area contributed by atoms with Gasteiger partial charge in [-0.25, -0.2) is 12.8 Å². The van der Waals surface area contributed by atoms with Crippen LogP contribution in [0.25, 0.3) is 0 Å². The number of unbranched alkanes of at least 4 members (excludes halogenated alkanes) is 1. The fourth-order valence-electron chi connectivity index (χ4n) is 3.86. The second-order valence-corrected chi connectivity index (χ2v) is 11.0. The van der Waals surface area contributed by atoms with Crippen LogP contribution in [-0.4, -0.2) is 44.3 Å². The Hall–Kier alpha value is -3.72. The normalized spacial score (nSPS) is 12.0. The molecule has 3 aromatic rings. The van der Waals surface area contributed by atoms with Crippen molar-refractivity contribution in [1.29, 1.82) is 0 Å². The van der Waals surface area contributed by atoms with Gasteiger partial charge in [0.05, 0.1) is 10.6 Å². The van der Waals surface area contributed by atoms with Gasteiger partial charge < -0.3 is 10.2 Å². The molecule has 0 spiro atoms. The number of amides is 2. The second-order valence-electron chi connectivity index (χ2n) is 9.13. The summed E-state index contributed by atoms with van der Waals surface area (Å²) in [5, 5.41) is 2.84. The van der Waals surface area contributed by atoms with E-state index in [4.69, 9.17) is 0 Å². The molecule has 0 aliphatic carbocycles. The quantitative estimate of drug-likeness (QED) is 0.339. The van der Waals surface area contributed by atoms with Crippen LogP contribution in [-0.2, 0) is 26.2 Å². The largest absolute Gasteiger partial charge is 0.354 e. The zero-order chi connectivity index (χ0) is 27.7. The van der Waals surface area contributed by atoms with Gasteiger partial charge in [-0.05, 0) is 62.2 Å². The molecule has 0 radical (unpaired) electrons. The number of carbonyl (C=O) groups is 2. The number of anilines is 1. The number of nitrogens with zero attached hydrogens (tertiary/aromatic N) is 2. The lowest BCUT2D eigenvalue weighted by Gasteiger charge is -2.32. The maximum atomic E-state index is 13.8. The van der Waals surface area contributed by atoms with E-state index in [2.05, 4.69) is 5.32 Å². The van der Waals surface area contributed by atoms with E-state index in [-0.39, 0.29) is 17.3 Å². The van der Waals surface area contributed by atoms with Crippen LogP contribution in [0.3, 0.4) is 0 Å². The number of sulfonamides is 1. The summed E-state index contributed by atoms with van der Waals surface area (Å²) in [6.07, 6.45) is 1.69. The number of nitrogens with one attached hydrogen (secondary N) is 1. The van der Waals surface area contributed by atoms with Gasteiger partial charge in [0, 0.05) is 13.1 Å². The predicted molar refractivity (Wildman–Crippen MR) is 146 cm³/mol. The lowest BCUT2D eigenvalue weighted by atomic mass is 10.1. The van der Waals surface area contributed by atoms with Gasteiger partial charge in [0.15, 0.2) is 0 Å². The second kappa shape index (κ2) is 13.2. The van der Waals surface area contributed by atoms with E-state index in [1.807, 2.05) is 13.8 Å². The summed E-state index contributed by atoms with van der Waals surface area (Å²) in [6, 6.07) is 19.5. The molecule has 0 aliphatic heterocycles. The molecule has 0 saturated heterocycles. The minimum absolute atomic E-state index is 0.00853. The SMILES string of the molecule is CCCCNC(=O)C(C)N(Cc1ccc(F)cc1)C(=O)CN(c1ccc(C)cc1)S(=O)(=O)c1ccccc1. The van der Waals surface area contributed by atoms with Crippen molar-refractivity contribution in [2.75, 3.05) is 17.4 Å². The van der Waals surface area contributed by atoms with Gasteiger partial charge >= 0.3 is 0 Å². The molecule has 1 atom stereocenters. The van der Waals surface area contributed by atoms with Crippen LogP contribution in [0.5, 0.6) is 0 Å². The lowest BCUT2D eigenvalue weighted by molar-refractivity contribution is -0.139. The molecular weight excluding hydrogens is 505 g/mol. The van der Waals surface area contributed by atoms with E-state index in [1.165, 1.54) is 41.3 Å². The minimum Gasteiger partial charge on any atom is -0.354 e. The molecular formula is C29H34FN3O4S. The summed E-state index contributed by atoms with van der Waals surface area (Å²) in [6.45, 7) is 5.45. The molecule has 1 N–H and O–H groups in total. The van der Waals surface area contributed by atoms with Crippen LogP contribution in [0.4, 0.5) is 10.1 Å². The van der Waals surface area contributed by atoms with E-state index in [0.29, 0.717) is 17.8 Å². The Morgan fingerprint density at radius 2 is 1.58 bits per heavy atom. The van der Waals surface area contributed by atoms with Gasteiger partial charge in [0.1, 0.15) is 18.4 Å². The molecule has 0 fully saturated rings. The van der Waals surface area contributed by atoms with Crippen LogP contribution in [0.1, 0.15) is 37.8 Å². The number of hydrogen-bond donors (Lipinski definition) is 1. The van der Waals surface area contributed by atoms with Crippen molar-refractivity contribution in [2.24, 2.45) is 0 Å². The van der Waals surface area contributed by atoms with Gasteiger partial charge in [0.25, 0.3) is 10.0 Å². The third-order valence-electron chi connectivity index (χ3n) is 6.20. The molecule has 1 unspecified atom stereocenters. The zero-order valence-electron chi connectivity index (χ0n) is 21.9. The minimum atomic E-state index is -4.10. The van der Waals surface area contributed by atoms with Crippen molar-refractivity contribution >= 4 is 27.5 Å². The topological polar surface area (TPSA) is 86.8 Å². The number of benzene rings is 3. The van der Waals surface area contributed by atoms with E-state index < -0.39 is 34.3 Å². The Morgan fingerprint density at radius 3 is 2.18 bits per heavy atom.